The van der Waals surface area contributed by atoms with Gasteiger partial charge in [0.2, 0.25) is 0 Å². The van der Waals surface area contributed by atoms with Gasteiger partial charge in [-0.05, 0) is 136 Å². The fourth-order valence-electron chi connectivity index (χ4n) is 9.41. The smallest absolute Gasteiger partial charge is 0.0467 e. The molecule has 0 saturated heterocycles. The minimum atomic E-state index is -0.0582. The average Bonchev–Trinajstić information content (AvgIpc) is 3.52. The van der Waals surface area contributed by atoms with Crippen LogP contribution in [0.15, 0.2) is 212 Å². The molecule has 0 fully saturated rings. The van der Waals surface area contributed by atoms with Crippen LogP contribution in [0, 0.1) is 0 Å². The van der Waals surface area contributed by atoms with Crippen LogP contribution in [0.1, 0.15) is 25.0 Å². The molecule has 1 aliphatic carbocycles. The van der Waals surface area contributed by atoms with Crippen LogP contribution in [0.3, 0.4) is 0 Å². The van der Waals surface area contributed by atoms with E-state index < -0.39 is 0 Å². The van der Waals surface area contributed by atoms with Gasteiger partial charge in [-0.3, -0.25) is 0 Å². The van der Waals surface area contributed by atoms with Gasteiger partial charge in [0.05, 0.1) is 0 Å². The zero-order valence-corrected chi connectivity index (χ0v) is 32.7. The van der Waals surface area contributed by atoms with E-state index in [4.69, 9.17) is 0 Å². The summed E-state index contributed by atoms with van der Waals surface area (Å²) in [6.45, 7) is 4.70. The molecular formula is C57H41N. The number of nitrogens with zero attached hydrogens (tertiary/aromatic N) is 1. The molecule has 10 aromatic rings. The summed E-state index contributed by atoms with van der Waals surface area (Å²) < 4.78 is 0. The first-order valence-electron chi connectivity index (χ1n) is 20.2. The predicted molar refractivity (Wildman–Crippen MR) is 248 cm³/mol. The molecule has 1 nitrogen and oxygen atoms in total. The topological polar surface area (TPSA) is 3.24 Å². The summed E-state index contributed by atoms with van der Waals surface area (Å²) in [5, 5.41) is 7.60. The number of benzene rings is 10. The van der Waals surface area contributed by atoms with Crippen molar-refractivity contribution in [1.82, 2.24) is 0 Å². The molecule has 0 saturated carbocycles. The summed E-state index contributed by atoms with van der Waals surface area (Å²) in [5.74, 6) is 0. The van der Waals surface area contributed by atoms with E-state index >= 15 is 0 Å². The fourth-order valence-corrected chi connectivity index (χ4v) is 9.41. The Morgan fingerprint density at radius 3 is 1.69 bits per heavy atom. The third kappa shape index (κ3) is 5.62. The van der Waals surface area contributed by atoms with E-state index in [1.807, 2.05) is 0 Å². The Kier molecular flexibility index (Phi) is 7.91. The lowest BCUT2D eigenvalue weighted by atomic mass is 9.81. The minimum absolute atomic E-state index is 0.0582. The van der Waals surface area contributed by atoms with E-state index in [0.29, 0.717) is 0 Å². The standard InChI is InChI=1S/C57H41N/c1-57(2)55-20-8-7-17-53(55)54-34-28-45(37-56(54)57)43-14-9-15-48(36-43)58(46-29-23-39(24-30-46)44-22-21-38-11-3-4-13-42(38)35-44)47-31-25-41(26-32-47)50-18-10-19-51-49-16-6-5-12-40(49)27-33-52(50)51/h3-37H,1-2H3. The highest BCUT2D eigenvalue weighted by atomic mass is 15.1. The van der Waals surface area contributed by atoms with Crippen LogP contribution in [0.2, 0.25) is 0 Å². The second-order valence-electron chi connectivity index (χ2n) is 16.2. The number of hydrogen-bond acceptors (Lipinski definition) is 1. The summed E-state index contributed by atoms with van der Waals surface area (Å²) in [6, 6.07) is 78.2. The Bertz CT molecular complexity index is 3190. The highest BCUT2D eigenvalue weighted by molar-refractivity contribution is 6.12. The van der Waals surface area contributed by atoms with Crippen molar-refractivity contribution in [2.75, 3.05) is 4.90 Å². The molecule has 0 aliphatic heterocycles. The van der Waals surface area contributed by atoms with Crippen molar-refractivity contribution in [3.05, 3.63) is 223 Å². The highest BCUT2D eigenvalue weighted by Gasteiger charge is 2.35. The Morgan fingerprint density at radius 2 is 0.862 bits per heavy atom. The normalized spacial score (nSPS) is 12.8. The number of rotatable bonds is 6. The third-order valence-corrected chi connectivity index (χ3v) is 12.5. The molecule has 0 atom stereocenters. The number of anilines is 3. The first-order chi connectivity index (χ1) is 28.5. The third-order valence-electron chi connectivity index (χ3n) is 12.5. The first-order valence-corrected chi connectivity index (χ1v) is 20.2. The van der Waals surface area contributed by atoms with Crippen molar-refractivity contribution in [2.45, 2.75) is 19.3 Å². The van der Waals surface area contributed by atoms with Crippen molar-refractivity contribution >= 4 is 49.4 Å². The molecule has 0 unspecified atom stereocenters. The van der Waals surface area contributed by atoms with Gasteiger partial charge in [-0.15, -0.1) is 0 Å². The van der Waals surface area contributed by atoms with Gasteiger partial charge >= 0.3 is 0 Å². The summed E-state index contributed by atoms with van der Waals surface area (Å²) in [5.41, 5.74) is 16.0. The molecule has 0 aromatic heterocycles. The van der Waals surface area contributed by atoms with Crippen molar-refractivity contribution in [3.63, 3.8) is 0 Å². The van der Waals surface area contributed by atoms with E-state index in [0.717, 1.165) is 17.1 Å². The maximum absolute atomic E-state index is 2.42. The van der Waals surface area contributed by atoms with Crippen LogP contribution in [-0.4, -0.2) is 0 Å². The average molecular weight is 740 g/mol. The Labute approximate surface area is 340 Å². The lowest BCUT2D eigenvalue weighted by Crippen LogP contribution is -2.14. The largest absolute Gasteiger partial charge is 0.310 e. The number of fused-ring (bicyclic) bond motifs is 7. The van der Waals surface area contributed by atoms with E-state index in [1.54, 1.807) is 0 Å². The Hall–Kier alpha value is -7.22. The van der Waals surface area contributed by atoms with Gasteiger partial charge < -0.3 is 4.90 Å². The minimum Gasteiger partial charge on any atom is -0.310 e. The lowest BCUT2D eigenvalue weighted by molar-refractivity contribution is 0.660. The first kappa shape index (κ1) is 34.1. The molecule has 0 spiro atoms. The summed E-state index contributed by atoms with van der Waals surface area (Å²) in [6.07, 6.45) is 0. The monoisotopic (exact) mass is 739 g/mol. The van der Waals surface area contributed by atoms with Crippen molar-refractivity contribution in [3.8, 4) is 44.5 Å². The van der Waals surface area contributed by atoms with E-state index in [1.165, 1.54) is 88.0 Å². The molecule has 1 heteroatoms. The quantitative estimate of drug-likeness (QED) is 0.154. The van der Waals surface area contributed by atoms with Gasteiger partial charge in [-0.25, -0.2) is 0 Å². The van der Waals surface area contributed by atoms with Crippen LogP contribution in [0.5, 0.6) is 0 Å². The Morgan fingerprint density at radius 1 is 0.293 bits per heavy atom. The van der Waals surface area contributed by atoms with Crippen molar-refractivity contribution in [1.29, 1.82) is 0 Å². The summed E-state index contributed by atoms with van der Waals surface area (Å²) in [7, 11) is 0. The molecule has 1 aliphatic rings. The van der Waals surface area contributed by atoms with E-state index in [2.05, 4.69) is 231 Å². The highest BCUT2D eigenvalue weighted by Crippen LogP contribution is 2.50. The molecule has 0 amide bonds. The van der Waals surface area contributed by atoms with Crippen LogP contribution in [0.25, 0.3) is 76.8 Å². The number of hydrogen-bond donors (Lipinski definition) is 0. The van der Waals surface area contributed by atoms with E-state index in [9.17, 15) is 0 Å². The zero-order chi connectivity index (χ0) is 38.8. The maximum Gasteiger partial charge on any atom is 0.0467 e. The lowest BCUT2D eigenvalue weighted by Gasteiger charge is -2.27. The molecule has 11 rings (SSSR count). The summed E-state index contributed by atoms with van der Waals surface area (Å²) >= 11 is 0. The fraction of sp³-hybridized carbons (Fsp3) is 0.0526. The van der Waals surface area contributed by atoms with Crippen molar-refractivity contribution in [2.24, 2.45) is 0 Å². The second-order valence-corrected chi connectivity index (χ2v) is 16.2. The van der Waals surface area contributed by atoms with Gasteiger partial charge in [0.1, 0.15) is 0 Å². The maximum atomic E-state index is 2.42. The van der Waals surface area contributed by atoms with Gasteiger partial charge in [0, 0.05) is 22.5 Å². The molecular weight excluding hydrogens is 699 g/mol. The molecule has 0 N–H and O–H groups in total. The predicted octanol–water partition coefficient (Wildman–Crippen LogP) is 15.9. The molecule has 0 heterocycles. The van der Waals surface area contributed by atoms with Crippen LogP contribution in [-0.2, 0) is 5.41 Å². The van der Waals surface area contributed by atoms with Gasteiger partial charge in [0.25, 0.3) is 0 Å². The molecule has 58 heavy (non-hydrogen) atoms. The molecule has 0 radical (unpaired) electrons. The van der Waals surface area contributed by atoms with Crippen LogP contribution >= 0.6 is 0 Å². The Balaban J connectivity index is 1.00. The molecule has 0 bridgehead atoms. The zero-order valence-electron chi connectivity index (χ0n) is 32.7. The SMILES string of the molecule is CC1(C)c2ccccc2-c2ccc(-c3cccc(N(c4ccc(-c5ccc6ccccc6c5)cc4)c4ccc(-c5cccc6c5ccc5ccccc56)cc4)c3)cc21. The van der Waals surface area contributed by atoms with Gasteiger partial charge in [-0.2, -0.15) is 0 Å². The van der Waals surface area contributed by atoms with Gasteiger partial charge in [0.15, 0.2) is 0 Å². The molecule has 10 aromatic carbocycles. The van der Waals surface area contributed by atoms with Gasteiger partial charge in [-0.1, -0.05) is 178 Å². The van der Waals surface area contributed by atoms with Crippen LogP contribution < -0.4 is 4.90 Å². The summed E-state index contributed by atoms with van der Waals surface area (Å²) in [4.78, 5) is 2.39. The molecule has 274 valence electrons. The van der Waals surface area contributed by atoms with Crippen LogP contribution in [0.4, 0.5) is 17.1 Å². The van der Waals surface area contributed by atoms with E-state index in [-0.39, 0.29) is 5.41 Å². The van der Waals surface area contributed by atoms with Crippen molar-refractivity contribution < 1.29 is 0 Å². The second kappa shape index (κ2) is 13.5.